The standard InChI is InChI=1S/C45H32N2/c1-45(2)39-23-20-29(30-21-25-44-38(27-30)35-16-8-11-19-43(35)46(44)31-12-4-3-5-13-31)26-36(39)37-28-32(22-24-40(37)45)47-41-17-9-6-14-33(41)34-15-7-10-18-42(34)47/h3-28H,1-2H3. The fourth-order valence-electron chi connectivity index (χ4n) is 8.28. The average Bonchev–Trinajstić information content (AvgIpc) is 3.71. The molecule has 1 aliphatic carbocycles. The SMILES string of the molecule is CC1(C)c2ccc(-c3ccc4c(c3)c3ccccc3n4-c3ccccc3)cc2-c2cc(-n3c4ccccc4c4ccccc43)ccc21. The largest absolute Gasteiger partial charge is 0.309 e. The van der Waals surface area contributed by atoms with Gasteiger partial charge in [0.2, 0.25) is 0 Å². The number of para-hydroxylation sites is 4. The number of nitrogens with zero attached hydrogens (tertiary/aromatic N) is 2. The minimum absolute atomic E-state index is 0.0738. The van der Waals surface area contributed by atoms with Crippen molar-refractivity contribution in [2.75, 3.05) is 0 Å². The first-order valence-corrected chi connectivity index (χ1v) is 16.4. The predicted molar refractivity (Wildman–Crippen MR) is 198 cm³/mol. The van der Waals surface area contributed by atoms with Gasteiger partial charge in [0.25, 0.3) is 0 Å². The number of rotatable bonds is 3. The second kappa shape index (κ2) is 9.57. The van der Waals surface area contributed by atoms with Crippen LogP contribution in [-0.2, 0) is 5.41 Å². The Morgan fingerprint density at radius 2 is 0.830 bits per heavy atom. The van der Waals surface area contributed by atoms with Crippen molar-refractivity contribution in [1.29, 1.82) is 0 Å². The van der Waals surface area contributed by atoms with Gasteiger partial charge in [-0.25, -0.2) is 0 Å². The van der Waals surface area contributed by atoms with Gasteiger partial charge >= 0.3 is 0 Å². The molecule has 9 aromatic rings. The normalized spacial score (nSPS) is 13.5. The van der Waals surface area contributed by atoms with Crippen molar-refractivity contribution < 1.29 is 0 Å². The molecule has 0 radical (unpaired) electrons. The monoisotopic (exact) mass is 600 g/mol. The summed E-state index contributed by atoms with van der Waals surface area (Å²) < 4.78 is 4.81. The third kappa shape index (κ3) is 3.67. The lowest BCUT2D eigenvalue weighted by atomic mass is 9.82. The molecule has 2 heterocycles. The molecule has 0 amide bonds. The summed E-state index contributed by atoms with van der Waals surface area (Å²) in [7, 11) is 0. The third-order valence-electron chi connectivity index (χ3n) is 10.5. The Hall–Kier alpha value is -5.86. The Morgan fingerprint density at radius 3 is 1.49 bits per heavy atom. The van der Waals surface area contributed by atoms with E-state index in [9.17, 15) is 0 Å². The second-order valence-corrected chi connectivity index (χ2v) is 13.4. The van der Waals surface area contributed by atoms with Gasteiger partial charge in [0.15, 0.2) is 0 Å². The highest BCUT2D eigenvalue weighted by Gasteiger charge is 2.36. The summed E-state index contributed by atoms with van der Waals surface area (Å²) in [5, 5.41) is 5.12. The highest BCUT2D eigenvalue weighted by Crippen LogP contribution is 2.51. The minimum Gasteiger partial charge on any atom is -0.309 e. The summed E-state index contributed by atoms with van der Waals surface area (Å²) in [6, 6.07) is 58.1. The molecule has 0 aliphatic heterocycles. The first-order chi connectivity index (χ1) is 23.1. The van der Waals surface area contributed by atoms with Crippen LogP contribution >= 0.6 is 0 Å². The molecular weight excluding hydrogens is 569 g/mol. The number of hydrogen-bond donors (Lipinski definition) is 0. The van der Waals surface area contributed by atoms with E-state index in [0.717, 1.165) is 0 Å². The molecule has 0 saturated carbocycles. The highest BCUT2D eigenvalue weighted by molar-refractivity contribution is 6.11. The van der Waals surface area contributed by atoms with Crippen molar-refractivity contribution in [2.24, 2.45) is 0 Å². The van der Waals surface area contributed by atoms with E-state index in [-0.39, 0.29) is 5.41 Å². The first-order valence-electron chi connectivity index (χ1n) is 16.4. The Morgan fingerprint density at radius 1 is 0.362 bits per heavy atom. The van der Waals surface area contributed by atoms with Gasteiger partial charge in [0.1, 0.15) is 0 Å². The van der Waals surface area contributed by atoms with E-state index in [4.69, 9.17) is 0 Å². The molecule has 2 aromatic heterocycles. The molecule has 10 rings (SSSR count). The minimum atomic E-state index is -0.0738. The van der Waals surface area contributed by atoms with Crippen LogP contribution in [0.4, 0.5) is 0 Å². The molecule has 47 heavy (non-hydrogen) atoms. The summed E-state index contributed by atoms with van der Waals surface area (Å²) in [4.78, 5) is 0. The summed E-state index contributed by atoms with van der Waals surface area (Å²) in [6.45, 7) is 4.73. The van der Waals surface area contributed by atoms with E-state index < -0.39 is 0 Å². The lowest BCUT2D eigenvalue weighted by Gasteiger charge is -2.22. The molecule has 0 N–H and O–H groups in total. The maximum Gasteiger partial charge on any atom is 0.0541 e. The number of hydrogen-bond acceptors (Lipinski definition) is 0. The molecule has 0 unspecified atom stereocenters. The van der Waals surface area contributed by atoms with E-state index in [2.05, 4.69) is 181 Å². The van der Waals surface area contributed by atoms with Crippen LogP contribution in [0.25, 0.3) is 77.2 Å². The van der Waals surface area contributed by atoms with Gasteiger partial charge in [-0.3, -0.25) is 0 Å². The van der Waals surface area contributed by atoms with Crippen molar-refractivity contribution >= 4 is 43.6 Å². The molecular formula is C45H32N2. The number of aromatic nitrogens is 2. The molecule has 0 bridgehead atoms. The Labute approximate surface area is 273 Å². The lowest BCUT2D eigenvalue weighted by Crippen LogP contribution is -2.14. The van der Waals surface area contributed by atoms with Crippen LogP contribution < -0.4 is 0 Å². The molecule has 222 valence electrons. The van der Waals surface area contributed by atoms with Gasteiger partial charge in [-0.05, 0) is 94.0 Å². The molecule has 0 spiro atoms. The van der Waals surface area contributed by atoms with Crippen molar-refractivity contribution in [3.05, 3.63) is 169 Å². The van der Waals surface area contributed by atoms with Crippen molar-refractivity contribution in [3.63, 3.8) is 0 Å². The van der Waals surface area contributed by atoms with E-state index >= 15 is 0 Å². The van der Waals surface area contributed by atoms with E-state index in [1.165, 1.54) is 88.4 Å². The van der Waals surface area contributed by atoms with Gasteiger partial charge in [0.05, 0.1) is 22.1 Å². The van der Waals surface area contributed by atoms with Crippen LogP contribution in [-0.4, -0.2) is 9.13 Å². The maximum absolute atomic E-state index is 2.43. The molecule has 2 nitrogen and oxygen atoms in total. The van der Waals surface area contributed by atoms with Gasteiger partial charge < -0.3 is 9.13 Å². The van der Waals surface area contributed by atoms with Crippen LogP contribution in [0.2, 0.25) is 0 Å². The van der Waals surface area contributed by atoms with E-state index in [0.29, 0.717) is 0 Å². The van der Waals surface area contributed by atoms with Crippen molar-refractivity contribution in [3.8, 4) is 33.6 Å². The second-order valence-electron chi connectivity index (χ2n) is 13.4. The molecule has 2 heteroatoms. The number of benzene rings is 7. The van der Waals surface area contributed by atoms with Crippen LogP contribution in [0.5, 0.6) is 0 Å². The molecule has 0 saturated heterocycles. The fraction of sp³-hybridized carbons (Fsp3) is 0.0667. The predicted octanol–water partition coefficient (Wildman–Crippen LogP) is 11.9. The summed E-state index contributed by atoms with van der Waals surface area (Å²) in [5.41, 5.74) is 15.2. The zero-order valence-corrected chi connectivity index (χ0v) is 26.4. The Bertz CT molecular complexity index is 2650. The molecule has 7 aromatic carbocycles. The Kier molecular flexibility index (Phi) is 5.37. The quantitative estimate of drug-likeness (QED) is 0.191. The maximum atomic E-state index is 2.43. The average molecular weight is 601 g/mol. The van der Waals surface area contributed by atoms with Crippen LogP contribution in [0, 0.1) is 0 Å². The molecule has 1 aliphatic rings. The molecule has 0 fully saturated rings. The summed E-state index contributed by atoms with van der Waals surface area (Å²) >= 11 is 0. The van der Waals surface area contributed by atoms with Crippen LogP contribution in [0.1, 0.15) is 25.0 Å². The van der Waals surface area contributed by atoms with Gasteiger partial charge in [-0.15, -0.1) is 0 Å². The lowest BCUT2D eigenvalue weighted by molar-refractivity contribution is 0.660. The topological polar surface area (TPSA) is 9.86 Å². The zero-order chi connectivity index (χ0) is 31.3. The molecule has 0 atom stereocenters. The first kappa shape index (κ1) is 26.4. The van der Waals surface area contributed by atoms with Gasteiger partial charge in [-0.1, -0.05) is 111 Å². The van der Waals surface area contributed by atoms with Gasteiger partial charge in [0, 0.05) is 38.3 Å². The Balaban J connectivity index is 1.16. The van der Waals surface area contributed by atoms with Crippen LogP contribution in [0.15, 0.2) is 158 Å². The summed E-state index contributed by atoms with van der Waals surface area (Å²) in [6.07, 6.45) is 0. The zero-order valence-electron chi connectivity index (χ0n) is 26.4. The highest BCUT2D eigenvalue weighted by atomic mass is 15.0. The van der Waals surface area contributed by atoms with Gasteiger partial charge in [-0.2, -0.15) is 0 Å². The smallest absolute Gasteiger partial charge is 0.0541 e. The number of fused-ring (bicyclic) bond motifs is 9. The van der Waals surface area contributed by atoms with Crippen molar-refractivity contribution in [1.82, 2.24) is 9.13 Å². The van der Waals surface area contributed by atoms with E-state index in [1.54, 1.807) is 0 Å². The van der Waals surface area contributed by atoms with Crippen molar-refractivity contribution in [2.45, 2.75) is 19.3 Å². The van der Waals surface area contributed by atoms with E-state index in [1.807, 2.05) is 0 Å². The third-order valence-corrected chi connectivity index (χ3v) is 10.5. The van der Waals surface area contributed by atoms with Crippen LogP contribution in [0.3, 0.4) is 0 Å². The summed E-state index contributed by atoms with van der Waals surface area (Å²) in [5.74, 6) is 0. The fourth-order valence-corrected chi connectivity index (χ4v) is 8.28.